The molecule has 0 aliphatic heterocycles. The molecule has 3 rings (SSSR count). The van der Waals surface area contributed by atoms with Crippen molar-refractivity contribution in [1.82, 2.24) is 10.0 Å². The predicted molar refractivity (Wildman–Crippen MR) is 122 cm³/mol. The molecule has 0 aliphatic carbocycles. The van der Waals surface area contributed by atoms with E-state index in [1.54, 1.807) is 48.5 Å². The summed E-state index contributed by atoms with van der Waals surface area (Å²) < 4.78 is 32.2. The van der Waals surface area contributed by atoms with Crippen molar-refractivity contribution in [2.24, 2.45) is 0 Å². The van der Waals surface area contributed by atoms with E-state index >= 15 is 0 Å². The first-order valence-electron chi connectivity index (χ1n) is 9.94. The number of ether oxygens (including phenoxy) is 1. The summed E-state index contributed by atoms with van der Waals surface area (Å²) in [6.07, 6.45) is 0. The Morgan fingerprint density at radius 3 is 2.09 bits per heavy atom. The van der Waals surface area contributed by atoms with Gasteiger partial charge in [-0.3, -0.25) is 9.59 Å². The predicted octanol–water partition coefficient (Wildman–Crippen LogP) is 2.94. The number of hydrogen-bond donors (Lipinski definition) is 2. The number of hydrogen-bond acceptors (Lipinski definition) is 5. The summed E-state index contributed by atoms with van der Waals surface area (Å²) in [5.41, 5.74) is 2.04. The zero-order chi connectivity index (χ0) is 23.1. The minimum absolute atomic E-state index is 0.00578. The maximum Gasteiger partial charge on any atom is 0.252 e. The van der Waals surface area contributed by atoms with Gasteiger partial charge >= 0.3 is 0 Å². The highest BCUT2D eigenvalue weighted by molar-refractivity contribution is 7.89. The Kier molecular flexibility index (Phi) is 7.40. The molecule has 3 aromatic rings. The molecule has 0 bridgehead atoms. The molecule has 0 spiro atoms. The Hall–Kier alpha value is -3.49. The first kappa shape index (κ1) is 23.2. The number of sulfonamides is 1. The van der Waals surface area contributed by atoms with Crippen LogP contribution < -0.4 is 14.8 Å². The quantitative estimate of drug-likeness (QED) is 0.384. The molecule has 0 atom stereocenters. The monoisotopic (exact) mass is 452 g/mol. The van der Waals surface area contributed by atoms with Gasteiger partial charge in [0.25, 0.3) is 5.91 Å². The van der Waals surface area contributed by atoms with Gasteiger partial charge in [-0.2, -0.15) is 0 Å². The summed E-state index contributed by atoms with van der Waals surface area (Å²) in [6.45, 7) is 1.98. The Morgan fingerprint density at radius 2 is 1.47 bits per heavy atom. The number of amides is 1. The lowest BCUT2D eigenvalue weighted by molar-refractivity contribution is 0.0943. The molecule has 0 aromatic heterocycles. The average Bonchev–Trinajstić information content (AvgIpc) is 2.82. The van der Waals surface area contributed by atoms with Crippen molar-refractivity contribution in [2.75, 3.05) is 20.2 Å². The van der Waals surface area contributed by atoms with Crippen molar-refractivity contribution in [3.8, 4) is 5.75 Å². The number of nitrogens with one attached hydrogen (secondary N) is 2. The molecule has 32 heavy (non-hydrogen) atoms. The lowest BCUT2D eigenvalue weighted by Crippen LogP contribution is -2.35. The number of methoxy groups -OCH3 is 1. The first-order chi connectivity index (χ1) is 15.3. The zero-order valence-electron chi connectivity index (χ0n) is 17.8. The van der Waals surface area contributed by atoms with E-state index in [2.05, 4.69) is 10.0 Å². The van der Waals surface area contributed by atoms with Crippen molar-refractivity contribution in [2.45, 2.75) is 11.8 Å². The van der Waals surface area contributed by atoms with Crippen molar-refractivity contribution < 1.29 is 22.7 Å². The molecule has 7 nitrogen and oxygen atoms in total. The fraction of sp³-hybridized carbons (Fsp3) is 0.167. The molecule has 0 fully saturated rings. The summed E-state index contributed by atoms with van der Waals surface area (Å²) >= 11 is 0. The molecule has 166 valence electrons. The van der Waals surface area contributed by atoms with Gasteiger partial charge in [-0.1, -0.05) is 48.0 Å². The van der Waals surface area contributed by atoms with Crippen molar-refractivity contribution >= 4 is 21.7 Å². The van der Waals surface area contributed by atoms with E-state index in [1.807, 2.05) is 19.1 Å². The molecule has 3 aromatic carbocycles. The van der Waals surface area contributed by atoms with Crippen molar-refractivity contribution in [3.63, 3.8) is 0 Å². The smallest absolute Gasteiger partial charge is 0.252 e. The number of rotatable bonds is 9. The third kappa shape index (κ3) is 5.60. The summed E-state index contributed by atoms with van der Waals surface area (Å²) in [5.74, 6) is -0.157. The molecule has 0 saturated heterocycles. The van der Waals surface area contributed by atoms with Crippen LogP contribution in [-0.4, -0.2) is 40.3 Å². The summed E-state index contributed by atoms with van der Waals surface area (Å²) in [4.78, 5) is 25.6. The van der Waals surface area contributed by atoms with Crippen LogP contribution in [0.5, 0.6) is 5.75 Å². The first-order valence-corrected chi connectivity index (χ1v) is 11.4. The van der Waals surface area contributed by atoms with E-state index in [0.29, 0.717) is 11.3 Å². The normalized spacial score (nSPS) is 11.1. The third-order valence-corrected chi connectivity index (χ3v) is 6.28. The van der Waals surface area contributed by atoms with Crippen LogP contribution in [0.1, 0.15) is 31.8 Å². The van der Waals surface area contributed by atoms with E-state index in [9.17, 15) is 18.0 Å². The molecule has 2 N–H and O–H groups in total. The topological polar surface area (TPSA) is 102 Å². The third-order valence-electron chi connectivity index (χ3n) is 4.80. The van der Waals surface area contributed by atoms with Crippen molar-refractivity contribution in [3.05, 3.63) is 95.1 Å². The molecule has 0 saturated carbocycles. The van der Waals surface area contributed by atoms with Crippen LogP contribution in [0.3, 0.4) is 0 Å². The van der Waals surface area contributed by atoms with E-state index in [-0.39, 0.29) is 34.9 Å². The van der Waals surface area contributed by atoms with E-state index in [4.69, 9.17) is 4.74 Å². The van der Waals surface area contributed by atoms with Gasteiger partial charge in [-0.25, -0.2) is 13.1 Å². The number of carbonyl (C=O) groups excluding carboxylic acids is 2. The van der Waals surface area contributed by atoms with E-state index < -0.39 is 15.9 Å². The molecule has 0 radical (unpaired) electrons. The average molecular weight is 453 g/mol. The molecule has 0 unspecified atom stereocenters. The van der Waals surface area contributed by atoms with Gasteiger partial charge in [-0.05, 0) is 37.3 Å². The van der Waals surface area contributed by atoms with Crippen LogP contribution in [0.4, 0.5) is 0 Å². The van der Waals surface area contributed by atoms with Crippen LogP contribution in [0.25, 0.3) is 0 Å². The summed E-state index contributed by atoms with van der Waals surface area (Å²) in [5, 5.41) is 2.66. The largest absolute Gasteiger partial charge is 0.497 e. The van der Waals surface area contributed by atoms with Gasteiger partial charge in [0.2, 0.25) is 10.0 Å². The Bertz CT molecular complexity index is 1200. The Labute approximate surface area is 187 Å². The SMILES string of the molecule is COc1ccc(S(=O)(=O)NCCNC(=O)c2ccccc2C(=O)c2ccc(C)cc2)cc1. The second-order valence-corrected chi connectivity index (χ2v) is 8.84. The fourth-order valence-corrected chi connectivity index (χ4v) is 4.07. The minimum atomic E-state index is -3.72. The van der Waals surface area contributed by atoms with Crippen LogP contribution in [0.2, 0.25) is 0 Å². The van der Waals surface area contributed by atoms with Crippen LogP contribution in [0, 0.1) is 6.92 Å². The lowest BCUT2D eigenvalue weighted by atomic mass is 9.97. The lowest BCUT2D eigenvalue weighted by Gasteiger charge is -2.11. The van der Waals surface area contributed by atoms with Crippen LogP contribution >= 0.6 is 0 Å². The summed E-state index contributed by atoms with van der Waals surface area (Å²) in [7, 11) is -2.22. The zero-order valence-corrected chi connectivity index (χ0v) is 18.6. The summed E-state index contributed by atoms with van der Waals surface area (Å²) in [6, 6.07) is 19.6. The number of carbonyl (C=O) groups is 2. The van der Waals surface area contributed by atoms with Crippen LogP contribution in [-0.2, 0) is 10.0 Å². The highest BCUT2D eigenvalue weighted by atomic mass is 32.2. The number of aryl methyl sites for hydroxylation is 1. The molecular weight excluding hydrogens is 428 g/mol. The highest BCUT2D eigenvalue weighted by Crippen LogP contribution is 2.16. The molecular formula is C24H24N2O5S. The van der Waals surface area contributed by atoms with E-state index in [0.717, 1.165) is 5.56 Å². The Morgan fingerprint density at radius 1 is 0.844 bits per heavy atom. The highest BCUT2D eigenvalue weighted by Gasteiger charge is 2.18. The molecule has 0 aliphatic rings. The van der Waals surface area contributed by atoms with Gasteiger partial charge < -0.3 is 10.1 Å². The molecule has 8 heteroatoms. The standard InChI is InChI=1S/C24H24N2O5S/c1-17-7-9-18(10-8-17)23(27)21-5-3-4-6-22(21)24(28)25-15-16-26-32(29,30)20-13-11-19(31-2)12-14-20/h3-14,26H,15-16H2,1-2H3,(H,25,28). The second kappa shape index (κ2) is 10.2. The minimum Gasteiger partial charge on any atom is -0.497 e. The van der Waals surface area contributed by atoms with Gasteiger partial charge in [0.05, 0.1) is 17.6 Å². The van der Waals surface area contributed by atoms with Crippen molar-refractivity contribution in [1.29, 1.82) is 0 Å². The second-order valence-electron chi connectivity index (χ2n) is 7.07. The maximum atomic E-state index is 12.9. The fourth-order valence-electron chi connectivity index (χ4n) is 3.03. The van der Waals surface area contributed by atoms with Gasteiger partial charge in [0.1, 0.15) is 5.75 Å². The molecule has 0 heterocycles. The molecule has 1 amide bonds. The van der Waals surface area contributed by atoms with Gasteiger partial charge in [0.15, 0.2) is 5.78 Å². The van der Waals surface area contributed by atoms with Gasteiger partial charge in [0, 0.05) is 24.2 Å². The van der Waals surface area contributed by atoms with E-state index in [1.165, 1.54) is 19.2 Å². The maximum absolute atomic E-state index is 12.9. The number of ketones is 1. The Balaban J connectivity index is 1.62. The van der Waals surface area contributed by atoms with Gasteiger partial charge in [-0.15, -0.1) is 0 Å². The van der Waals surface area contributed by atoms with Crippen LogP contribution in [0.15, 0.2) is 77.7 Å². The number of benzene rings is 3.